The van der Waals surface area contributed by atoms with E-state index in [-0.39, 0.29) is 18.6 Å². The summed E-state index contributed by atoms with van der Waals surface area (Å²) in [4.78, 5) is 12.0. The maximum absolute atomic E-state index is 12.0. The van der Waals surface area contributed by atoms with Gasteiger partial charge in [-0.25, -0.2) is 8.42 Å². The zero-order valence-corrected chi connectivity index (χ0v) is 15.3. The molecule has 0 spiro atoms. The van der Waals surface area contributed by atoms with E-state index in [1.807, 2.05) is 13.8 Å². The van der Waals surface area contributed by atoms with E-state index in [1.54, 1.807) is 24.3 Å². The van der Waals surface area contributed by atoms with Crippen LogP contribution in [0.4, 0.5) is 5.69 Å². The SMILES string of the molecule is C=CCN(c1ccc(C(=O)NCCCOC(C)C)cc1)S(C)(=O)=O. The Balaban J connectivity index is 2.63. The maximum atomic E-state index is 12.0. The molecule has 0 fully saturated rings. The number of hydrogen-bond acceptors (Lipinski definition) is 4. The molecule has 1 amide bonds. The summed E-state index contributed by atoms with van der Waals surface area (Å²) < 4.78 is 30.2. The first-order valence-corrected chi connectivity index (χ1v) is 9.69. The number of carbonyl (C=O) groups is 1. The minimum absolute atomic E-state index is 0.181. The molecule has 0 saturated heterocycles. The van der Waals surface area contributed by atoms with Crippen LogP contribution in [-0.2, 0) is 14.8 Å². The molecule has 6 nitrogen and oxygen atoms in total. The molecular formula is C17H26N2O4S. The summed E-state index contributed by atoms with van der Waals surface area (Å²) in [5.74, 6) is -0.194. The van der Waals surface area contributed by atoms with Crippen LogP contribution in [0.2, 0.25) is 0 Å². The number of nitrogens with one attached hydrogen (secondary N) is 1. The van der Waals surface area contributed by atoms with E-state index < -0.39 is 10.0 Å². The first kappa shape index (κ1) is 20.2. The summed E-state index contributed by atoms with van der Waals surface area (Å²) in [6.07, 6.45) is 3.57. The molecule has 0 aliphatic carbocycles. The lowest BCUT2D eigenvalue weighted by Crippen LogP contribution is -2.30. The lowest BCUT2D eigenvalue weighted by atomic mass is 10.2. The zero-order chi connectivity index (χ0) is 18.2. The number of hydrogen-bond donors (Lipinski definition) is 1. The average Bonchev–Trinajstić information content (AvgIpc) is 2.51. The van der Waals surface area contributed by atoms with Crippen molar-refractivity contribution in [1.82, 2.24) is 5.32 Å². The van der Waals surface area contributed by atoms with Crippen molar-refractivity contribution in [2.75, 3.05) is 30.3 Å². The number of nitrogens with zero attached hydrogens (tertiary/aromatic N) is 1. The predicted octanol–water partition coefficient (Wildman–Crippen LogP) is 2.18. The van der Waals surface area contributed by atoms with Crippen LogP contribution in [0.15, 0.2) is 36.9 Å². The maximum Gasteiger partial charge on any atom is 0.251 e. The van der Waals surface area contributed by atoms with Crippen LogP contribution in [0.1, 0.15) is 30.6 Å². The highest BCUT2D eigenvalue weighted by Gasteiger charge is 2.16. The van der Waals surface area contributed by atoms with E-state index in [4.69, 9.17) is 4.74 Å². The second-order valence-electron chi connectivity index (χ2n) is 5.66. The van der Waals surface area contributed by atoms with Crippen molar-refractivity contribution < 1.29 is 17.9 Å². The molecule has 0 heterocycles. The van der Waals surface area contributed by atoms with E-state index in [2.05, 4.69) is 11.9 Å². The highest BCUT2D eigenvalue weighted by molar-refractivity contribution is 7.92. The molecule has 0 aliphatic heterocycles. The summed E-state index contributed by atoms with van der Waals surface area (Å²) >= 11 is 0. The molecule has 1 aromatic rings. The monoisotopic (exact) mass is 354 g/mol. The lowest BCUT2D eigenvalue weighted by molar-refractivity contribution is 0.0757. The van der Waals surface area contributed by atoms with Gasteiger partial charge in [-0.05, 0) is 44.5 Å². The number of anilines is 1. The Bertz CT molecular complexity index is 639. The van der Waals surface area contributed by atoms with Gasteiger partial charge in [-0.1, -0.05) is 6.08 Å². The molecule has 1 aromatic carbocycles. The molecule has 0 unspecified atom stereocenters. The molecule has 0 bridgehead atoms. The fraction of sp³-hybridized carbons (Fsp3) is 0.471. The normalized spacial score (nSPS) is 11.3. The molecule has 134 valence electrons. The summed E-state index contributed by atoms with van der Waals surface area (Å²) in [6, 6.07) is 6.44. The van der Waals surface area contributed by atoms with E-state index in [1.165, 1.54) is 10.4 Å². The quantitative estimate of drug-likeness (QED) is 0.516. The van der Waals surface area contributed by atoms with Crippen molar-refractivity contribution in [1.29, 1.82) is 0 Å². The number of rotatable bonds is 10. The van der Waals surface area contributed by atoms with Gasteiger partial charge in [0.1, 0.15) is 0 Å². The van der Waals surface area contributed by atoms with Gasteiger partial charge in [0.15, 0.2) is 0 Å². The van der Waals surface area contributed by atoms with Crippen molar-refractivity contribution in [2.24, 2.45) is 0 Å². The van der Waals surface area contributed by atoms with Gasteiger partial charge in [0.2, 0.25) is 10.0 Å². The number of amides is 1. The second kappa shape index (κ2) is 9.44. The van der Waals surface area contributed by atoms with Gasteiger partial charge in [0.25, 0.3) is 5.91 Å². The highest BCUT2D eigenvalue weighted by atomic mass is 32.2. The highest BCUT2D eigenvalue weighted by Crippen LogP contribution is 2.18. The lowest BCUT2D eigenvalue weighted by Gasteiger charge is -2.20. The Labute approximate surface area is 144 Å². The number of carbonyl (C=O) groups excluding carboxylic acids is 1. The van der Waals surface area contributed by atoms with Gasteiger partial charge in [0.05, 0.1) is 24.6 Å². The minimum atomic E-state index is -3.39. The van der Waals surface area contributed by atoms with Crippen LogP contribution in [-0.4, -0.2) is 46.4 Å². The van der Waals surface area contributed by atoms with Crippen molar-refractivity contribution in [2.45, 2.75) is 26.4 Å². The van der Waals surface area contributed by atoms with Crippen LogP contribution in [0.25, 0.3) is 0 Å². The third kappa shape index (κ3) is 6.72. The first-order valence-electron chi connectivity index (χ1n) is 7.84. The summed E-state index contributed by atoms with van der Waals surface area (Å²) in [7, 11) is -3.39. The Morgan fingerprint density at radius 1 is 1.33 bits per heavy atom. The smallest absolute Gasteiger partial charge is 0.251 e. The molecular weight excluding hydrogens is 328 g/mol. The predicted molar refractivity (Wildman–Crippen MR) is 96.9 cm³/mol. The van der Waals surface area contributed by atoms with Crippen LogP contribution < -0.4 is 9.62 Å². The average molecular weight is 354 g/mol. The molecule has 0 aromatic heterocycles. The molecule has 1 rings (SSSR count). The van der Waals surface area contributed by atoms with Crippen molar-refractivity contribution in [3.63, 3.8) is 0 Å². The molecule has 1 N–H and O–H groups in total. The van der Waals surface area contributed by atoms with Crippen molar-refractivity contribution in [3.05, 3.63) is 42.5 Å². The van der Waals surface area contributed by atoms with Crippen LogP contribution in [0.5, 0.6) is 0 Å². The van der Waals surface area contributed by atoms with Crippen LogP contribution in [0, 0.1) is 0 Å². The summed E-state index contributed by atoms with van der Waals surface area (Å²) in [5.41, 5.74) is 0.981. The minimum Gasteiger partial charge on any atom is -0.379 e. The summed E-state index contributed by atoms with van der Waals surface area (Å²) in [6.45, 7) is 8.80. The molecule has 0 aliphatic rings. The Kier molecular flexibility index (Phi) is 7.94. The van der Waals surface area contributed by atoms with Gasteiger partial charge >= 0.3 is 0 Å². The van der Waals surface area contributed by atoms with E-state index in [0.717, 1.165) is 12.7 Å². The first-order chi connectivity index (χ1) is 11.3. The molecule has 7 heteroatoms. The van der Waals surface area contributed by atoms with E-state index in [0.29, 0.717) is 24.4 Å². The van der Waals surface area contributed by atoms with Gasteiger partial charge in [-0.2, -0.15) is 0 Å². The molecule has 0 radical (unpaired) electrons. The van der Waals surface area contributed by atoms with Gasteiger partial charge in [0, 0.05) is 18.7 Å². The number of ether oxygens (including phenoxy) is 1. The van der Waals surface area contributed by atoms with Crippen LogP contribution in [0.3, 0.4) is 0 Å². The molecule has 24 heavy (non-hydrogen) atoms. The number of sulfonamides is 1. The van der Waals surface area contributed by atoms with Gasteiger partial charge in [-0.3, -0.25) is 9.10 Å². The van der Waals surface area contributed by atoms with Gasteiger partial charge in [-0.15, -0.1) is 6.58 Å². The van der Waals surface area contributed by atoms with E-state index >= 15 is 0 Å². The van der Waals surface area contributed by atoms with E-state index in [9.17, 15) is 13.2 Å². The van der Waals surface area contributed by atoms with Crippen molar-refractivity contribution in [3.8, 4) is 0 Å². The van der Waals surface area contributed by atoms with Crippen LogP contribution >= 0.6 is 0 Å². The third-order valence-electron chi connectivity index (χ3n) is 3.17. The zero-order valence-electron chi connectivity index (χ0n) is 14.5. The van der Waals surface area contributed by atoms with Gasteiger partial charge < -0.3 is 10.1 Å². The molecule has 0 atom stereocenters. The second-order valence-corrected chi connectivity index (χ2v) is 7.57. The largest absolute Gasteiger partial charge is 0.379 e. The molecule has 0 saturated carbocycles. The third-order valence-corrected chi connectivity index (χ3v) is 4.33. The fourth-order valence-corrected chi connectivity index (χ4v) is 2.90. The fourth-order valence-electron chi connectivity index (χ4n) is 2.02. The Morgan fingerprint density at radius 3 is 2.46 bits per heavy atom. The summed E-state index contributed by atoms with van der Waals surface area (Å²) in [5, 5.41) is 2.81. The Hall–Kier alpha value is -1.86. The standard InChI is InChI=1S/C17H26N2O4S/c1-5-12-19(24(4,21)22)16-9-7-15(8-10-16)17(20)18-11-6-13-23-14(2)3/h5,7-10,14H,1,6,11-13H2,2-4H3,(H,18,20). The number of benzene rings is 1. The Morgan fingerprint density at radius 2 is 1.96 bits per heavy atom. The van der Waals surface area contributed by atoms with Crippen molar-refractivity contribution >= 4 is 21.6 Å². The topological polar surface area (TPSA) is 75.7 Å².